The maximum atomic E-state index is 12.2. The highest BCUT2D eigenvalue weighted by atomic mass is 79.9. The van der Waals surface area contributed by atoms with E-state index in [1.807, 2.05) is 0 Å². The molecule has 0 saturated heterocycles. The van der Waals surface area contributed by atoms with Crippen LogP contribution in [0.1, 0.15) is 27.1 Å². The number of carbonyl (C=O) groups is 2. The number of ether oxygens (including phenoxy) is 1. The fourth-order valence-electron chi connectivity index (χ4n) is 2.06. The van der Waals surface area contributed by atoms with Gasteiger partial charge in [0, 0.05) is 41.5 Å². The number of hydrogen-bond acceptors (Lipinski definition) is 3. The Morgan fingerprint density at radius 2 is 1.79 bits per heavy atom. The fraction of sp³-hybridized carbons (Fsp3) is 0.222. The van der Waals surface area contributed by atoms with E-state index < -0.39 is 0 Å². The molecule has 126 valence electrons. The van der Waals surface area contributed by atoms with Crippen molar-refractivity contribution in [1.82, 2.24) is 5.32 Å². The van der Waals surface area contributed by atoms with E-state index >= 15 is 0 Å². The summed E-state index contributed by atoms with van der Waals surface area (Å²) in [5.41, 5.74) is 1.63. The molecule has 2 rings (SSSR count). The summed E-state index contributed by atoms with van der Waals surface area (Å²) < 4.78 is 5.85. The highest BCUT2D eigenvalue weighted by Gasteiger charge is 2.09. The second kappa shape index (κ2) is 9.20. The minimum absolute atomic E-state index is 0.175. The number of benzene rings is 2. The van der Waals surface area contributed by atoms with Crippen LogP contribution in [0.5, 0.6) is 0 Å². The molecule has 0 fully saturated rings. The Morgan fingerprint density at radius 3 is 2.50 bits per heavy atom. The summed E-state index contributed by atoms with van der Waals surface area (Å²) in [7, 11) is 1.62. The molecule has 0 unspecified atom stereocenters. The minimum atomic E-state index is -0.222. The van der Waals surface area contributed by atoms with Crippen LogP contribution in [0, 0.1) is 0 Å². The molecule has 0 heterocycles. The van der Waals surface area contributed by atoms with Gasteiger partial charge in [0.25, 0.3) is 11.8 Å². The lowest BCUT2D eigenvalue weighted by atomic mass is 10.1. The lowest BCUT2D eigenvalue weighted by Gasteiger charge is -2.08. The zero-order valence-corrected chi connectivity index (χ0v) is 14.9. The molecule has 2 N–H and O–H groups in total. The van der Waals surface area contributed by atoms with Crippen LogP contribution in [0.25, 0.3) is 0 Å². The number of halogens is 1. The van der Waals surface area contributed by atoms with E-state index in [0.29, 0.717) is 30.0 Å². The molecule has 0 aliphatic heterocycles. The van der Waals surface area contributed by atoms with Crippen LogP contribution in [0.2, 0.25) is 0 Å². The normalized spacial score (nSPS) is 10.2. The SMILES string of the molecule is COCCCNC(=O)c1cccc(NC(=O)c2ccc(Br)cc2)c1. The summed E-state index contributed by atoms with van der Waals surface area (Å²) in [5, 5.41) is 5.61. The Bertz CT molecular complexity index is 702. The summed E-state index contributed by atoms with van der Waals surface area (Å²) in [5.74, 6) is -0.397. The lowest BCUT2D eigenvalue weighted by Crippen LogP contribution is -2.25. The summed E-state index contributed by atoms with van der Waals surface area (Å²) in [6.45, 7) is 1.14. The monoisotopic (exact) mass is 390 g/mol. The van der Waals surface area contributed by atoms with Crippen LogP contribution in [-0.2, 0) is 4.74 Å². The third-order valence-corrected chi connectivity index (χ3v) is 3.83. The first-order valence-electron chi connectivity index (χ1n) is 7.54. The number of carbonyl (C=O) groups excluding carboxylic acids is 2. The second-order valence-corrected chi connectivity index (χ2v) is 6.06. The summed E-state index contributed by atoms with van der Waals surface area (Å²) in [6.07, 6.45) is 0.752. The average Bonchev–Trinajstić information content (AvgIpc) is 2.59. The van der Waals surface area contributed by atoms with Crippen LogP contribution in [-0.4, -0.2) is 32.1 Å². The highest BCUT2D eigenvalue weighted by Crippen LogP contribution is 2.14. The van der Waals surface area contributed by atoms with Crippen molar-refractivity contribution in [3.63, 3.8) is 0 Å². The first kappa shape index (κ1) is 18.2. The molecule has 0 spiro atoms. The van der Waals surface area contributed by atoms with Crippen molar-refractivity contribution >= 4 is 33.4 Å². The Hall–Kier alpha value is -2.18. The maximum absolute atomic E-state index is 12.2. The minimum Gasteiger partial charge on any atom is -0.385 e. The van der Waals surface area contributed by atoms with Crippen molar-refractivity contribution in [2.24, 2.45) is 0 Å². The molecule has 0 saturated carbocycles. The maximum Gasteiger partial charge on any atom is 0.255 e. The third kappa shape index (κ3) is 5.47. The molecule has 2 aromatic carbocycles. The van der Waals surface area contributed by atoms with Gasteiger partial charge in [0.2, 0.25) is 0 Å². The standard InChI is InChI=1S/C18H19BrN2O3/c1-24-11-3-10-20-17(22)14-4-2-5-16(12-14)21-18(23)13-6-8-15(19)9-7-13/h2,4-9,12H,3,10-11H2,1H3,(H,20,22)(H,21,23). The molecule has 0 aromatic heterocycles. The van der Waals surface area contributed by atoms with Gasteiger partial charge in [-0.1, -0.05) is 22.0 Å². The predicted octanol–water partition coefficient (Wildman–Crippen LogP) is 3.47. The molecule has 5 nitrogen and oxygen atoms in total. The average molecular weight is 391 g/mol. The van der Waals surface area contributed by atoms with Crippen LogP contribution < -0.4 is 10.6 Å². The topological polar surface area (TPSA) is 67.4 Å². The first-order chi connectivity index (χ1) is 11.6. The van der Waals surface area contributed by atoms with Crippen molar-refractivity contribution in [2.75, 3.05) is 25.6 Å². The van der Waals surface area contributed by atoms with Crippen molar-refractivity contribution in [3.8, 4) is 0 Å². The Kier molecular flexibility index (Phi) is 6.96. The van der Waals surface area contributed by atoms with Crippen molar-refractivity contribution in [1.29, 1.82) is 0 Å². The van der Waals surface area contributed by atoms with Gasteiger partial charge in [0.05, 0.1) is 0 Å². The molecular weight excluding hydrogens is 372 g/mol. The van der Waals surface area contributed by atoms with Gasteiger partial charge in [-0.2, -0.15) is 0 Å². The quantitative estimate of drug-likeness (QED) is 0.711. The van der Waals surface area contributed by atoms with E-state index in [2.05, 4.69) is 26.6 Å². The summed E-state index contributed by atoms with van der Waals surface area (Å²) >= 11 is 3.33. The van der Waals surface area contributed by atoms with Crippen LogP contribution in [0.4, 0.5) is 5.69 Å². The largest absolute Gasteiger partial charge is 0.385 e. The smallest absolute Gasteiger partial charge is 0.255 e. The van der Waals surface area contributed by atoms with E-state index in [4.69, 9.17) is 4.74 Å². The number of amides is 2. The van der Waals surface area contributed by atoms with Gasteiger partial charge < -0.3 is 15.4 Å². The molecule has 2 aromatic rings. The zero-order chi connectivity index (χ0) is 17.4. The molecule has 24 heavy (non-hydrogen) atoms. The van der Waals surface area contributed by atoms with Gasteiger partial charge in [0.15, 0.2) is 0 Å². The fourth-order valence-corrected chi connectivity index (χ4v) is 2.33. The zero-order valence-electron chi connectivity index (χ0n) is 13.3. The van der Waals surface area contributed by atoms with Crippen LogP contribution in [0.3, 0.4) is 0 Å². The van der Waals surface area contributed by atoms with Gasteiger partial charge in [-0.3, -0.25) is 9.59 Å². The van der Waals surface area contributed by atoms with Crippen LogP contribution in [0.15, 0.2) is 53.0 Å². The highest BCUT2D eigenvalue weighted by molar-refractivity contribution is 9.10. The van der Waals surface area contributed by atoms with Gasteiger partial charge in [-0.05, 0) is 48.9 Å². The molecule has 0 aliphatic carbocycles. The Morgan fingerprint density at radius 1 is 1.04 bits per heavy atom. The van der Waals surface area contributed by atoms with E-state index in [0.717, 1.165) is 10.9 Å². The van der Waals surface area contributed by atoms with E-state index in [1.54, 1.807) is 55.6 Å². The number of methoxy groups -OCH3 is 1. The second-order valence-electron chi connectivity index (χ2n) is 5.14. The molecule has 0 bridgehead atoms. The van der Waals surface area contributed by atoms with E-state index in [9.17, 15) is 9.59 Å². The van der Waals surface area contributed by atoms with Gasteiger partial charge in [-0.25, -0.2) is 0 Å². The summed E-state index contributed by atoms with van der Waals surface area (Å²) in [4.78, 5) is 24.3. The van der Waals surface area contributed by atoms with E-state index in [1.165, 1.54) is 0 Å². The Labute approximate surface area is 149 Å². The first-order valence-corrected chi connectivity index (χ1v) is 8.33. The van der Waals surface area contributed by atoms with Gasteiger partial charge in [0.1, 0.15) is 0 Å². The summed E-state index contributed by atoms with van der Waals surface area (Å²) in [6, 6.07) is 13.9. The number of hydrogen-bond donors (Lipinski definition) is 2. The van der Waals surface area contributed by atoms with Crippen LogP contribution >= 0.6 is 15.9 Å². The molecule has 2 amide bonds. The third-order valence-electron chi connectivity index (χ3n) is 3.30. The molecule has 6 heteroatoms. The molecule has 0 atom stereocenters. The van der Waals surface area contributed by atoms with Gasteiger partial charge in [-0.15, -0.1) is 0 Å². The van der Waals surface area contributed by atoms with Crippen molar-refractivity contribution in [2.45, 2.75) is 6.42 Å². The van der Waals surface area contributed by atoms with Crippen molar-refractivity contribution < 1.29 is 14.3 Å². The van der Waals surface area contributed by atoms with Gasteiger partial charge >= 0.3 is 0 Å². The van der Waals surface area contributed by atoms with E-state index in [-0.39, 0.29) is 11.8 Å². The lowest BCUT2D eigenvalue weighted by molar-refractivity contribution is 0.0947. The van der Waals surface area contributed by atoms with Crippen molar-refractivity contribution in [3.05, 3.63) is 64.1 Å². The molecule has 0 aliphatic rings. The Balaban J connectivity index is 1.98. The number of anilines is 1. The molecule has 0 radical (unpaired) electrons. The predicted molar refractivity (Wildman–Crippen MR) is 97.4 cm³/mol. The number of nitrogens with one attached hydrogen (secondary N) is 2. The number of rotatable bonds is 7. The molecular formula is C18H19BrN2O3.